The van der Waals surface area contributed by atoms with E-state index < -0.39 is 11.1 Å². The van der Waals surface area contributed by atoms with Crippen molar-refractivity contribution in [2.75, 3.05) is 30.5 Å². The lowest BCUT2D eigenvalue weighted by Crippen LogP contribution is -2.18. The number of ether oxygens (including phenoxy) is 3. The number of carbonyl (C=O) groups is 2. The summed E-state index contributed by atoms with van der Waals surface area (Å²) in [5.74, 6) is 2.18. The average molecular weight is 390 g/mol. The quantitative estimate of drug-likeness (QED) is 0.114. The molecule has 10 heteroatoms. The second-order valence-electron chi connectivity index (χ2n) is 4.55. The first-order chi connectivity index (χ1) is 11.9. The van der Waals surface area contributed by atoms with E-state index in [4.69, 9.17) is 14.2 Å². The van der Waals surface area contributed by atoms with Gasteiger partial charge in [0, 0.05) is 19.1 Å². The van der Waals surface area contributed by atoms with Gasteiger partial charge in [-0.2, -0.15) is 0 Å². The number of nitro groups is 1. The number of hydrogen-bond acceptors (Lipinski definition) is 8. The topological polar surface area (TPSA) is 105 Å². The summed E-state index contributed by atoms with van der Waals surface area (Å²) < 4.78 is 14.8. The maximum atomic E-state index is 11.6. The Balaban J connectivity index is 2.25. The van der Waals surface area contributed by atoms with Crippen LogP contribution in [0, 0.1) is 10.1 Å². The number of non-ortho nitro benzene ring substituents is 1. The van der Waals surface area contributed by atoms with Crippen molar-refractivity contribution in [2.24, 2.45) is 0 Å². The van der Waals surface area contributed by atoms with Crippen LogP contribution in [0.2, 0.25) is 0 Å². The summed E-state index contributed by atoms with van der Waals surface area (Å²) in [6, 6.07) is 5.16. The maximum absolute atomic E-state index is 11.6. The first-order valence-corrected chi connectivity index (χ1v) is 10.5. The molecule has 0 aromatic heterocycles. The lowest BCUT2D eigenvalue weighted by molar-refractivity contribution is -0.384. The standard InChI is InChI=1S/C15H20NO7S2/c1-3-25(24-10-8-21-12(2)17)11-9-22-15(18)23-14-6-4-13(5-7-14)16(19)20/h4-7H,3,8-11H2,1-2H3/q+1. The summed E-state index contributed by atoms with van der Waals surface area (Å²) in [4.78, 5) is 32.3. The van der Waals surface area contributed by atoms with E-state index >= 15 is 0 Å². The van der Waals surface area contributed by atoms with Crippen molar-refractivity contribution in [3.8, 4) is 5.75 Å². The summed E-state index contributed by atoms with van der Waals surface area (Å²) in [7, 11) is 1.68. The normalized spacial score (nSPS) is 11.4. The molecule has 0 saturated heterocycles. The molecule has 0 amide bonds. The van der Waals surface area contributed by atoms with E-state index in [1.807, 2.05) is 6.92 Å². The fraction of sp³-hybridized carbons (Fsp3) is 0.467. The monoisotopic (exact) mass is 390 g/mol. The highest BCUT2D eigenvalue weighted by atomic mass is 33.1. The lowest BCUT2D eigenvalue weighted by Gasteiger charge is -2.07. The molecule has 1 aromatic carbocycles. The number of carbonyl (C=O) groups excluding carboxylic acids is 2. The molecule has 0 aliphatic heterocycles. The zero-order valence-electron chi connectivity index (χ0n) is 14.0. The third-order valence-electron chi connectivity index (χ3n) is 2.74. The SMILES string of the molecule is CC[S+](CCOC(=O)Oc1ccc([N+](=O)[O-])cc1)SCCOC(C)=O. The van der Waals surface area contributed by atoms with Crippen molar-refractivity contribution in [1.29, 1.82) is 0 Å². The predicted molar refractivity (Wildman–Crippen MR) is 96.9 cm³/mol. The Labute approximate surface area is 152 Å². The van der Waals surface area contributed by atoms with Gasteiger partial charge in [-0.05, 0) is 19.1 Å². The zero-order chi connectivity index (χ0) is 18.7. The van der Waals surface area contributed by atoms with Gasteiger partial charge in [-0.3, -0.25) is 14.9 Å². The minimum absolute atomic E-state index is 0.000199. The van der Waals surface area contributed by atoms with Crippen LogP contribution in [0.5, 0.6) is 5.75 Å². The predicted octanol–water partition coefficient (Wildman–Crippen LogP) is 2.96. The Morgan fingerprint density at radius 1 is 1.20 bits per heavy atom. The van der Waals surface area contributed by atoms with Crippen molar-refractivity contribution in [3.05, 3.63) is 34.4 Å². The molecule has 0 aliphatic carbocycles. The summed E-state index contributed by atoms with van der Waals surface area (Å²) in [6.07, 6.45) is -0.849. The number of rotatable bonds is 10. The lowest BCUT2D eigenvalue weighted by atomic mass is 10.3. The highest BCUT2D eigenvalue weighted by Gasteiger charge is 2.19. The smallest absolute Gasteiger partial charge is 0.465 e. The molecule has 25 heavy (non-hydrogen) atoms. The summed E-state index contributed by atoms with van der Waals surface area (Å²) in [5.41, 5.74) is -0.0847. The van der Waals surface area contributed by atoms with Gasteiger partial charge in [0.2, 0.25) is 0 Å². The second kappa shape index (κ2) is 11.6. The van der Waals surface area contributed by atoms with Crippen LogP contribution in [0.4, 0.5) is 10.5 Å². The van der Waals surface area contributed by atoms with Crippen LogP contribution in [0.15, 0.2) is 24.3 Å². The van der Waals surface area contributed by atoms with Crippen molar-refractivity contribution in [3.63, 3.8) is 0 Å². The van der Waals surface area contributed by atoms with Crippen molar-refractivity contribution in [2.45, 2.75) is 13.8 Å². The molecule has 0 saturated carbocycles. The summed E-state index contributed by atoms with van der Waals surface area (Å²) in [5, 5.41) is 10.5. The zero-order valence-corrected chi connectivity index (χ0v) is 15.6. The van der Waals surface area contributed by atoms with Crippen molar-refractivity contribution >= 4 is 38.5 Å². The number of benzene rings is 1. The Morgan fingerprint density at radius 2 is 1.88 bits per heavy atom. The van der Waals surface area contributed by atoms with Crippen LogP contribution < -0.4 is 4.74 Å². The molecule has 0 N–H and O–H groups in total. The van der Waals surface area contributed by atoms with Gasteiger partial charge >= 0.3 is 12.1 Å². The maximum Gasteiger partial charge on any atom is 0.514 e. The van der Waals surface area contributed by atoms with Gasteiger partial charge in [0.15, 0.2) is 5.75 Å². The highest BCUT2D eigenvalue weighted by molar-refractivity contribution is 8.74. The molecule has 0 aliphatic rings. The minimum Gasteiger partial charge on any atom is -0.465 e. The molecule has 1 rings (SSSR count). The molecule has 138 valence electrons. The van der Waals surface area contributed by atoms with Crippen LogP contribution >= 0.6 is 10.8 Å². The molecule has 0 spiro atoms. The van der Waals surface area contributed by atoms with Crippen LogP contribution in [0.1, 0.15) is 13.8 Å². The van der Waals surface area contributed by atoms with Gasteiger partial charge in [-0.15, -0.1) is 0 Å². The molecule has 8 nitrogen and oxygen atoms in total. The number of esters is 1. The largest absolute Gasteiger partial charge is 0.514 e. The van der Waals surface area contributed by atoms with Crippen molar-refractivity contribution < 1.29 is 28.7 Å². The van der Waals surface area contributed by atoms with Gasteiger partial charge in [0.1, 0.15) is 24.7 Å². The van der Waals surface area contributed by atoms with Gasteiger partial charge in [-0.25, -0.2) is 4.79 Å². The Morgan fingerprint density at radius 3 is 2.44 bits per heavy atom. The summed E-state index contributed by atoms with van der Waals surface area (Å²) >= 11 is 0. The summed E-state index contributed by atoms with van der Waals surface area (Å²) in [6.45, 7) is 3.99. The van der Waals surface area contributed by atoms with Crippen LogP contribution in [-0.2, 0) is 24.2 Å². The number of nitrogens with zero attached hydrogens (tertiary/aromatic N) is 1. The molecule has 1 unspecified atom stereocenters. The van der Waals surface area contributed by atoms with E-state index in [2.05, 4.69) is 0 Å². The molecule has 0 radical (unpaired) electrons. The van der Waals surface area contributed by atoms with Crippen molar-refractivity contribution in [1.82, 2.24) is 0 Å². The molecule has 0 fully saturated rings. The third kappa shape index (κ3) is 9.20. The van der Waals surface area contributed by atoms with E-state index in [0.29, 0.717) is 18.1 Å². The first kappa shape index (κ1) is 21.1. The highest BCUT2D eigenvalue weighted by Crippen LogP contribution is 2.18. The van der Waals surface area contributed by atoms with Gasteiger partial charge < -0.3 is 14.2 Å². The molecular formula is C15H20NO7S2+. The first-order valence-electron chi connectivity index (χ1n) is 7.45. The average Bonchev–Trinajstić information content (AvgIpc) is 2.57. The van der Waals surface area contributed by atoms with E-state index in [1.165, 1.54) is 31.2 Å². The Hall–Kier alpha value is -1.94. The number of nitro benzene ring substituents is 1. The Bertz CT molecular complexity index is 580. The van der Waals surface area contributed by atoms with E-state index in [0.717, 1.165) is 5.75 Å². The molecular weight excluding hydrogens is 370 g/mol. The molecule has 0 bridgehead atoms. The van der Waals surface area contributed by atoms with Crippen LogP contribution in [-0.4, -0.2) is 47.5 Å². The second-order valence-corrected chi connectivity index (χ2v) is 9.18. The fourth-order valence-electron chi connectivity index (χ4n) is 1.60. The molecule has 0 heterocycles. The van der Waals surface area contributed by atoms with E-state index in [-0.39, 0.29) is 33.9 Å². The third-order valence-corrected chi connectivity index (χ3v) is 7.38. The van der Waals surface area contributed by atoms with Gasteiger partial charge in [-0.1, -0.05) is 0 Å². The van der Waals surface area contributed by atoms with E-state index in [1.54, 1.807) is 10.8 Å². The van der Waals surface area contributed by atoms with Crippen LogP contribution in [0.25, 0.3) is 0 Å². The fourth-order valence-corrected chi connectivity index (χ4v) is 4.80. The molecule has 1 atom stereocenters. The number of hydrogen-bond donors (Lipinski definition) is 0. The minimum atomic E-state index is -0.849. The van der Waals surface area contributed by atoms with Crippen LogP contribution in [0.3, 0.4) is 0 Å². The Kier molecular flexibility index (Phi) is 9.78. The van der Waals surface area contributed by atoms with Gasteiger partial charge in [0.25, 0.3) is 5.69 Å². The van der Waals surface area contributed by atoms with E-state index in [9.17, 15) is 19.7 Å². The molecule has 1 aromatic rings. The van der Waals surface area contributed by atoms with Gasteiger partial charge in [0.05, 0.1) is 31.4 Å².